The van der Waals surface area contributed by atoms with E-state index in [0.717, 1.165) is 52.1 Å². The minimum atomic E-state index is 0.109. The van der Waals surface area contributed by atoms with E-state index in [4.69, 9.17) is 4.74 Å². The Morgan fingerprint density at radius 1 is 1.30 bits per heavy atom. The van der Waals surface area contributed by atoms with Gasteiger partial charge in [-0.2, -0.15) is 5.10 Å². The van der Waals surface area contributed by atoms with Crippen molar-refractivity contribution in [2.24, 2.45) is 0 Å². The Morgan fingerprint density at radius 2 is 2.15 bits per heavy atom. The van der Waals surface area contributed by atoms with Crippen LogP contribution >= 0.6 is 0 Å². The lowest BCUT2D eigenvalue weighted by molar-refractivity contribution is -0.135. The topological polar surface area (TPSA) is 68.4 Å². The highest BCUT2D eigenvalue weighted by Gasteiger charge is 2.26. The molecule has 0 bridgehead atoms. The normalized spacial score (nSPS) is 20.2. The fraction of sp³-hybridized carbons (Fsp3) is 0.632. The number of amides is 1. The van der Waals surface area contributed by atoms with Crippen molar-refractivity contribution in [3.05, 3.63) is 36.2 Å². The average molecular weight is 372 g/mol. The summed E-state index contributed by atoms with van der Waals surface area (Å²) in [5, 5.41) is 4.37. The minimum absolute atomic E-state index is 0.109. The second-order valence-electron chi connectivity index (χ2n) is 7.42. The van der Waals surface area contributed by atoms with Crippen molar-refractivity contribution in [1.82, 2.24) is 29.1 Å². The largest absolute Gasteiger partial charge is 0.369 e. The Labute approximate surface area is 159 Å². The van der Waals surface area contributed by atoms with E-state index >= 15 is 0 Å². The summed E-state index contributed by atoms with van der Waals surface area (Å²) in [6.07, 6.45) is 10.1. The molecule has 2 aliphatic heterocycles. The van der Waals surface area contributed by atoms with Gasteiger partial charge in [0.15, 0.2) is 0 Å². The maximum Gasteiger partial charge on any atom is 0.248 e. The van der Waals surface area contributed by atoms with Crippen LogP contribution in [0.15, 0.2) is 24.9 Å². The maximum atomic E-state index is 12.2. The van der Waals surface area contributed by atoms with Crippen LogP contribution in [-0.2, 0) is 29.2 Å². The van der Waals surface area contributed by atoms with Crippen LogP contribution in [0.1, 0.15) is 37.1 Å². The summed E-state index contributed by atoms with van der Waals surface area (Å²) in [7, 11) is 0. The molecule has 8 heteroatoms. The van der Waals surface area contributed by atoms with E-state index in [-0.39, 0.29) is 18.6 Å². The molecule has 2 aromatic heterocycles. The zero-order chi connectivity index (χ0) is 18.6. The van der Waals surface area contributed by atoms with E-state index in [0.29, 0.717) is 6.61 Å². The van der Waals surface area contributed by atoms with E-state index in [1.165, 1.54) is 11.3 Å². The van der Waals surface area contributed by atoms with Crippen molar-refractivity contribution in [2.75, 3.05) is 32.8 Å². The standard InChI is InChI=1S/C19H28N6O2/c1-2-24-10-16(7-21-24)9-22-11-17-8-20-15-25(17)18(12-22)13-27-14-19(26)23-5-3-4-6-23/h7-8,10,15,18H,2-6,9,11-14H2,1H3/t18-/m1/s1. The third kappa shape index (κ3) is 4.22. The van der Waals surface area contributed by atoms with E-state index < -0.39 is 0 Å². The first kappa shape index (κ1) is 18.2. The highest BCUT2D eigenvalue weighted by Crippen LogP contribution is 2.23. The molecule has 0 radical (unpaired) electrons. The number of hydrogen-bond donors (Lipinski definition) is 0. The summed E-state index contributed by atoms with van der Waals surface area (Å²) in [4.78, 5) is 20.8. The molecule has 2 aliphatic rings. The molecular formula is C19H28N6O2. The summed E-state index contributed by atoms with van der Waals surface area (Å²) in [6.45, 7) is 8.00. The van der Waals surface area contributed by atoms with Crippen molar-refractivity contribution in [2.45, 2.75) is 45.4 Å². The van der Waals surface area contributed by atoms with E-state index in [1.807, 2.05) is 28.3 Å². The monoisotopic (exact) mass is 372 g/mol. The van der Waals surface area contributed by atoms with Crippen LogP contribution in [0.2, 0.25) is 0 Å². The predicted molar refractivity (Wildman–Crippen MR) is 99.9 cm³/mol. The van der Waals surface area contributed by atoms with Crippen molar-refractivity contribution in [3.8, 4) is 0 Å². The van der Waals surface area contributed by atoms with Crippen LogP contribution in [0.3, 0.4) is 0 Å². The second kappa shape index (κ2) is 8.22. The Hall–Kier alpha value is -2.19. The fourth-order valence-electron chi connectivity index (χ4n) is 3.98. The van der Waals surface area contributed by atoms with Crippen LogP contribution in [0.5, 0.6) is 0 Å². The third-order valence-corrected chi connectivity index (χ3v) is 5.41. The molecule has 1 atom stereocenters. The molecule has 4 heterocycles. The summed E-state index contributed by atoms with van der Waals surface area (Å²) < 4.78 is 9.95. The van der Waals surface area contributed by atoms with E-state index in [1.54, 1.807) is 0 Å². The molecule has 1 saturated heterocycles. The summed E-state index contributed by atoms with van der Waals surface area (Å²) in [6, 6.07) is 0.170. The first-order chi connectivity index (χ1) is 13.2. The molecule has 0 aliphatic carbocycles. The summed E-state index contributed by atoms with van der Waals surface area (Å²) in [5.74, 6) is 0.109. The van der Waals surface area contributed by atoms with Gasteiger partial charge in [0.05, 0.1) is 30.9 Å². The molecule has 0 saturated carbocycles. The molecule has 8 nitrogen and oxygen atoms in total. The molecule has 0 aromatic carbocycles. The number of likely N-dealkylation sites (tertiary alicyclic amines) is 1. The number of aryl methyl sites for hydroxylation is 1. The quantitative estimate of drug-likeness (QED) is 0.733. The van der Waals surface area contributed by atoms with Crippen LogP contribution in [-0.4, -0.2) is 67.9 Å². The zero-order valence-corrected chi connectivity index (χ0v) is 16.0. The van der Waals surface area contributed by atoms with Crippen molar-refractivity contribution in [1.29, 1.82) is 0 Å². The predicted octanol–water partition coefficient (Wildman–Crippen LogP) is 1.30. The number of aromatic nitrogens is 4. The second-order valence-corrected chi connectivity index (χ2v) is 7.42. The lowest BCUT2D eigenvalue weighted by Gasteiger charge is -2.34. The van der Waals surface area contributed by atoms with Crippen LogP contribution < -0.4 is 0 Å². The van der Waals surface area contributed by atoms with Crippen LogP contribution in [0.4, 0.5) is 0 Å². The third-order valence-electron chi connectivity index (χ3n) is 5.41. The molecule has 146 valence electrons. The average Bonchev–Trinajstić information content (AvgIpc) is 3.42. The number of imidazole rings is 1. The first-order valence-electron chi connectivity index (χ1n) is 9.83. The molecule has 27 heavy (non-hydrogen) atoms. The van der Waals surface area contributed by atoms with Crippen LogP contribution in [0, 0.1) is 0 Å². The van der Waals surface area contributed by atoms with Gasteiger partial charge in [-0.3, -0.25) is 14.4 Å². The van der Waals surface area contributed by atoms with Gasteiger partial charge >= 0.3 is 0 Å². The molecule has 0 spiro atoms. The summed E-state index contributed by atoms with van der Waals surface area (Å²) >= 11 is 0. The number of carbonyl (C=O) groups excluding carboxylic acids is 1. The van der Waals surface area contributed by atoms with Gasteiger partial charge in [0.2, 0.25) is 5.91 Å². The molecule has 0 N–H and O–H groups in total. The van der Waals surface area contributed by atoms with Gasteiger partial charge in [-0.1, -0.05) is 0 Å². The SMILES string of the molecule is CCn1cc(CN2Cc3cncn3[C@@H](COCC(=O)N3CCCC3)C2)cn1. The highest BCUT2D eigenvalue weighted by molar-refractivity contribution is 5.77. The zero-order valence-electron chi connectivity index (χ0n) is 16.0. The van der Waals surface area contributed by atoms with Crippen molar-refractivity contribution < 1.29 is 9.53 Å². The van der Waals surface area contributed by atoms with Crippen LogP contribution in [0.25, 0.3) is 0 Å². The van der Waals surface area contributed by atoms with Gasteiger partial charge in [0, 0.05) is 57.2 Å². The van der Waals surface area contributed by atoms with Gasteiger partial charge in [0.25, 0.3) is 0 Å². The summed E-state index contributed by atoms with van der Waals surface area (Å²) in [5.41, 5.74) is 2.40. The van der Waals surface area contributed by atoms with E-state index in [2.05, 4.69) is 32.7 Å². The molecule has 1 fully saturated rings. The Bertz CT molecular complexity index is 764. The van der Waals surface area contributed by atoms with Gasteiger partial charge in [-0.25, -0.2) is 4.98 Å². The van der Waals surface area contributed by atoms with Gasteiger partial charge in [-0.05, 0) is 19.8 Å². The molecule has 0 unspecified atom stereocenters. The number of fused-ring (bicyclic) bond motifs is 1. The minimum Gasteiger partial charge on any atom is -0.369 e. The number of rotatable bonds is 7. The van der Waals surface area contributed by atoms with Crippen molar-refractivity contribution in [3.63, 3.8) is 0 Å². The molecular weight excluding hydrogens is 344 g/mol. The van der Waals surface area contributed by atoms with Crippen molar-refractivity contribution >= 4 is 5.91 Å². The smallest absolute Gasteiger partial charge is 0.248 e. The molecule has 1 amide bonds. The Kier molecular flexibility index (Phi) is 5.54. The van der Waals surface area contributed by atoms with Gasteiger partial charge in [-0.15, -0.1) is 0 Å². The Morgan fingerprint density at radius 3 is 2.93 bits per heavy atom. The maximum absolute atomic E-state index is 12.2. The lowest BCUT2D eigenvalue weighted by Crippen LogP contribution is -2.39. The molecule has 2 aromatic rings. The van der Waals surface area contributed by atoms with E-state index in [9.17, 15) is 4.79 Å². The number of ether oxygens (including phenoxy) is 1. The number of hydrogen-bond acceptors (Lipinski definition) is 5. The van der Waals surface area contributed by atoms with Gasteiger partial charge in [0.1, 0.15) is 6.61 Å². The number of nitrogens with zero attached hydrogens (tertiary/aromatic N) is 6. The van der Waals surface area contributed by atoms with Gasteiger partial charge < -0.3 is 14.2 Å². The fourth-order valence-corrected chi connectivity index (χ4v) is 3.98. The highest BCUT2D eigenvalue weighted by atomic mass is 16.5. The first-order valence-corrected chi connectivity index (χ1v) is 9.83. The number of carbonyl (C=O) groups is 1. The Balaban J connectivity index is 1.34. The molecule has 4 rings (SSSR count). The lowest BCUT2D eigenvalue weighted by atomic mass is 10.2.